The summed E-state index contributed by atoms with van der Waals surface area (Å²) in [5, 5.41) is 3.36. The molecule has 2 heterocycles. The molecule has 1 aliphatic rings. The first-order chi connectivity index (χ1) is 11.8. The largest absolute Gasteiger partial charge is 0.384 e. The topological polar surface area (TPSA) is 45.2 Å². The Hall–Kier alpha value is -2.36. The van der Waals surface area contributed by atoms with Gasteiger partial charge >= 0.3 is 0 Å². The van der Waals surface area contributed by atoms with Gasteiger partial charge in [-0.05, 0) is 30.0 Å². The number of pyridine rings is 1. The third kappa shape index (κ3) is 3.94. The van der Waals surface area contributed by atoms with Crippen LogP contribution in [-0.4, -0.2) is 28.9 Å². The average Bonchev–Trinajstić information content (AvgIpc) is 2.64. The molecule has 0 unspecified atom stereocenters. The van der Waals surface area contributed by atoms with Gasteiger partial charge in [0.1, 0.15) is 0 Å². The maximum Gasteiger partial charge on any atom is 0.255 e. The van der Waals surface area contributed by atoms with Crippen molar-refractivity contribution in [3.8, 4) is 0 Å². The van der Waals surface area contributed by atoms with Crippen molar-refractivity contribution in [1.82, 2.24) is 9.88 Å². The minimum atomic E-state index is 0.0641. The molecule has 0 atom stereocenters. The number of carbonyl (C=O) groups excluding carboxylic acids is 1. The second-order valence-corrected chi connectivity index (χ2v) is 6.34. The molecule has 1 aromatic heterocycles. The Morgan fingerprint density at radius 2 is 2.04 bits per heavy atom. The van der Waals surface area contributed by atoms with Crippen LogP contribution in [0.4, 0.5) is 5.69 Å². The first-order valence-electron chi connectivity index (χ1n) is 8.83. The highest BCUT2D eigenvalue weighted by atomic mass is 16.2. The van der Waals surface area contributed by atoms with Gasteiger partial charge in [0.25, 0.3) is 5.91 Å². The van der Waals surface area contributed by atoms with Crippen LogP contribution in [0.15, 0.2) is 42.7 Å². The Morgan fingerprint density at radius 1 is 1.21 bits per heavy atom. The summed E-state index contributed by atoms with van der Waals surface area (Å²) in [5.41, 5.74) is 4.19. The van der Waals surface area contributed by atoms with Gasteiger partial charge in [0, 0.05) is 32.0 Å². The fourth-order valence-electron chi connectivity index (χ4n) is 3.11. The molecule has 0 fully saturated rings. The van der Waals surface area contributed by atoms with Gasteiger partial charge in [-0.15, -0.1) is 0 Å². The van der Waals surface area contributed by atoms with Crippen LogP contribution in [0.1, 0.15) is 47.7 Å². The minimum Gasteiger partial charge on any atom is -0.384 e. The summed E-state index contributed by atoms with van der Waals surface area (Å²) in [5.74, 6) is 0.0641. The lowest BCUT2D eigenvalue weighted by Gasteiger charge is -2.29. The van der Waals surface area contributed by atoms with Crippen molar-refractivity contribution >= 4 is 11.6 Å². The van der Waals surface area contributed by atoms with Gasteiger partial charge in [-0.25, -0.2) is 0 Å². The number of amides is 1. The molecule has 126 valence electrons. The van der Waals surface area contributed by atoms with Gasteiger partial charge in [-0.2, -0.15) is 0 Å². The summed E-state index contributed by atoms with van der Waals surface area (Å²) in [6, 6.07) is 10.3. The third-order valence-corrected chi connectivity index (χ3v) is 4.51. The van der Waals surface area contributed by atoms with E-state index >= 15 is 0 Å². The smallest absolute Gasteiger partial charge is 0.255 e. The molecule has 3 rings (SSSR count). The third-order valence-electron chi connectivity index (χ3n) is 4.51. The molecule has 2 aromatic rings. The van der Waals surface area contributed by atoms with Crippen molar-refractivity contribution in [3.63, 3.8) is 0 Å². The molecule has 0 saturated carbocycles. The maximum atomic E-state index is 12.8. The highest BCUT2D eigenvalue weighted by molar-refractivity contribution is 5.94. The molecule has 0 spiro atoms. The van der Waals surface area contributed by atoms with E-state index in [-0.39, 0.29) is 5.91 Å². The number of fused-ring (bicyclic) bond motifs is 1. The number of hydrogen-bond donors (Lipinski definition) is 1. The van der Waals surface area contributed by atoms with Crippen LogP contribution in [0.25, 0.3) is 0 Å². The minimum absolute atomic E-state index is 0.0641. The SMILES string of the molecule is CCCCCNc1cncc(C(=O)N2CCc3ccccc3C2)c1. The zero-order valence-corrected chi connectivity index (χ0v) is 14.3. The van der Waals surface area contributed by atoms with Gasteiger partial charge in [0.2, 0.25) is 0 Å². The van der Waals surface area contributed by atoms with Crippen molar-refractivity contribution in [2.75, 3.05) is 18.4 Å². The molecule has 1 aromatic carbocycles. The molecule has 1 aliphatic heterocycles. The van der Waals surface area contributed by atoms with Crippen LogP contribution in [0.5, 0.6) is 0 Å². The Balaban J connectivity index is 1.65. The number of benzene rings is 1. The summed E-state index contributed by atoms with van der Waals surface area (Å²) in [6.07, 6.45) is 7.93. The number of anilines is 1. The van der Waals surface area contributed by atoms with Gasteiger partial charge < -0.3 is 10.2 Å². The summed E-state index contributed by atoms with van der Waals surface area (Å²) in [6.45, 7) is 4.56. The van der Waals surface area contributed by atoms with Crippen LogP contribution in [0, 0.1) is 0 Å². The molecule has 0 radical (unpaired) electrons. The fraction of sp³-hybridized carbons (Fsp3) is 0.400. The zero-order valence-electron chi connectivity index (χ0n) is 14.3. The van der Waals surface area contributed by atoms with Gasteiger partial charge in [0.05, 0.1) is 11.3 Å². The molecular weight excluding hydrogens is 298 g/mol. The van der Waals surface area contributed by atoms with E-state index < -0.39 is 0 Å². The monoisotopic (exact) mass is 323 g/mol. The average molecular weight is 323 g/mol. The molecule has 0 saturated heterocycles. The lowest BCUT2D eigenvalue weighted by molar-refractivity contribution is 0.0734. The Kier molecular flexibility index (Phi) is 5.47. The summed E-state index contributed by atoms with van der Waals surface area (Å²) < 4.78 is 0. The quantitative estimate of drug-likeness (QED) is 0.821. The van der Waals surface area contributed by atoms with E-state index in [2.05, 4.69) is 35.4 Å². The Labute approximate surface area is 143 Å². The van der Waals surface area contributed by atoms with Crippen molar-refractivity contribution in [2.24, 2.45) is 0 Å². The van der Waals surface area contributed by atoms with Gasteiger partial charge in [-0.1, -0.05) is 44.0 Å². The lowest BCUT2D eigenvalue weighted by atomic mass is 9.99. The first-order valence-corrected chi connectivity index (χ1v) is 8.83. The van der Waals surface area contributed by atoms with Crippen LogP contribution in [0.2, 0.25) is 0 Å². The standard InChI is InChI=1S/C20H25N3O/c1-2-3-6-10-22-19-12-18(13-21-14-19)20(24)23-11-9-16-7-4-5-8-17(16)15-23/h4-5,7-8,12-14,22H,2-3,6,9-11,15H2,1H3. The van der Waals surface area contributed by atoms with Crippen LogP contribution < -0.4 is 5.32 Å². The van der Waals surface area contributed by atoms with E-state index in [9.17, 15) is 4.79 Å². The van der Waals surface area contributed by atoms with E-state index in [0.717, 1.165) is 31.6 Å². The predicted molar refractivity (Wildman–Crippen MR) is 97.1 cm³/mol. The number of carbonyl (C=O) groups is 1. The van der Waals surface area contributed by atoms with Crippen LogP contribution in [0.3, 0.4) is 0 Å². The highest BCUT2D eigenvalue weighted by Crippen LogP contribution is 2.21. The van der Waals surface area contributed by atoms with E-state index in [4.69, 9.17) is 0 Å². The zero-order chi connectivity index (χ0) is 16.8. The summed E-state index contributed by atoms with van der Waals surface area (Å²) in [4.78, 5) is 18.9. The number of nitrogens with zero attached hydrogens (tertiary/aromatic N) is 2. The normalized spacial score (nSPS) is 13.5. The molecule has 1 N–H and O–H groups in total. The number of unbranched alkanes of at least 4 members (excludes halogenated alkanes) is 2. The molecule has 1 amide bonds. The van der Waals surface area contributed by atoms with Gasteiger partial charge in [0.15, 0.2) is 0 Å². The van der Waals surface area contributed by atoms with Gasteiger partial charge in [-0.3, -0.25) is 9.78 Å². The highest BCUT2D eigenvalue weighted by Gasteiger charge is 2.21. The second kappa shape index (κ2) is 7.95. The fourth-order valence-corrected chi connectivity index (χ4v) is 3.11. The predicted octanol–water partition coefficient (Wildman–Crippen LogP) is 3.88. The number of hydrogen-bond acceptors (Lipinski definition) is 3. The molecule has 4 nitrogen and oxygen atoms in total. The molecule has 24 heavy (non-hydrogen) atoms. The number of aromatic nitrogens is 1. The summed E-state index contributed by atoms with van der Waals surface area (Å²) >= 11 is 0. The molecule has 4 heteroatoms. The van der Waals surface area contributed by atoms with E-state index in [1.54, 1.807) is 12.4 Å². The second-order valence-electron chi connectivity index (χ2n) is 6.34. The van der Waals surface area contributed by atoms with E-state index in [1.165, 1.54) is 24.0 Å². The molecular formula is C20H25N3O. The van der Waals surface area contributed by atoms with Crippen molar-refractivity contribution in [2.45, 2.75) is 39.2 Å². The van der Waals surface area contributed by atoms with Crippen LogP contribution in [-0.2, 0) is 13.0 Å². The first kappa shape index (κ1) is 16.5. The van der Waals surface area contributed by atoms with E-state index in [0.29, 0.717) is 12.1 Å². The number of rotatable bonds is 6. The number of nitrogens with one attached hydrogen (secondary N) is 1. The molecule has 0 bridgehead atoms. The Morgan fingerprint density at radius 3 is 2.88 bits per heavy atom. The van der Waals surface area contributed by atoms with Crippen molar-refractivity contribution in [1.29, 1.82) is 0 Å². The summed E-state index contributed by atoms with van der Waals surface area (Å²) in [7, 11) is 0. The van der Waals surface area contributed by atoms with Crippen molar-refractivity contribution in [3.05, 3.63) is 59.4 Å². The van der Waals surface area contributed by atoms with E-state index in [1.807, 2.05) is 17.0 Å². The van der Waals surface area contributed by atoms with Crippen LogP contribution >= 0.6 is 0 Å². The molecule has 0 aliphatic carbocycles. The Bertz CT molecular complexity index is 699. The van der Waals surface area contributed by atoms with Crippen molar-refractivity contribution < 1.29 is 4.79 Å². The lowest BCUT2D eigenvalue weighted by Crippen LogP contribution is -2.36. The maximum absolute atomic E-state index is 12.8.